The monoisotopic (exact) mass is 475 g/mol. The van der Waals surface area contributed by atoms with Crippen molar-refractivity contribution < 1.29 is 27.7 Å². The number of rotatable bonds is 7. The summed E-state index contributed by atoms with van der Waals surface area (Å²) >= 11 is 0. The summed E-state index contributed by atoms with van der Waals surface area (Å²) in [6.07, 6.45) is -4.51. The maximum Gasteiger partial charge on any atom is 0.405 e. The lowest BCUT2D eigenvalue weighted by atomic mass is 10.1. The molecule has 0 atom stereocenters. The summed E-state index contributed by atoms with van der Waals surface area (Å²) in [6, 6.07) is 12.0. The molecule has 0 fully saturated rings. The number of amides is 2. The molecular weight excluding hydrogens is 455 g/mol. The Balaban J connectivity index is 1.61. The Morgan fingerprint density at radius 1 is 1.00 bits per heavy atom. The summed E-state index contributed by atoms with van der Waals surface area (Å²) in [6.45, 7) is 2.04. The van der Waals surface area contributed by atoms with Crippen molar-refractivity contribution in [3.63, 3.8) is 0 Å². The van der Waals surface area contributed by atoms with Gasteiger partial charge in [-0.25, -0.2) is 0 Å². The second-order valence-corrected chi connectivity index (χ2v) is 7.46. The maximum atomic E-state index is 12.5. The van der Waals surface area contributed by atoms with Gasteiger partial charge in [0, 0.05) is 16.8 Å². The highest BCUT2D eigenvalue weighted by atomic mass is 19.4. The first-order valence-corrected chi connectivity index (χ1v) is 9.98. The van der Waals surface area contributed by atoms with Gasteiger partial charge in [-0.15, -0.1) is 0 Å². The Hall–Kier alpha value is -4.22. The van der Waals surface area contributed by atoms with Crippen molar-refractivity contribution in [3.05, 3.63) is 86.7 Å². The van der Waals surface area contributed by atoms with Gasteiger partial charge in [0.25, 0.3) is 11.8 Å². The Kier molecular flexibility index (Phi) is 6.99. The molecule has 12 heteroatoms. The van der Waals surface area contributed by atoms with Crippen LogP contribution in [0, 0.1) is 24.0 Å². The molecule has 0 radical (unpaired) electrons. The van der Waals surface area contributed by atoms with E-state index >= 15 is 0 Å². The van der Waals surface area contributed by atoms with Crippen molar-refractivity contribution in [2.45, 2.75) is 26.6 Å². The van der Waals surface area contributed by atoms with Crippen LogP contribution in [0.15, 0.2) is 48.5 Å². The van der Waals surface area contributed by atoms with Crippen LogP contribution in [0.3, 0.4) is 0 Å². The second-order valence-electron chi connectivity index (χ2n) is 7.46. The third-order valence-corrected chi connectivity index (χ3v) is 4.93. The zero-order valence-electron chi connectivity index (χ0n) is 18.1. The number of hydrogen-bond acceptors (Lipinski definition) is 5. The van der Waals surface area contributed by atoms with Crippen molar-refractivity contribution >= 4 is 23.2 Å². The highest BCUT2D eigenvalue weighted by Crippen LogP contribution is 2.22. The number of anilines is 1. The molecule has 178 valence electrons. The zero-order chi connectivity index (χ0) is 25.0. The van der Waals surface area contributed by atoms with Crippen LogP contribution in [0.2, 0.25) is 0 Å². The number of aromatic nitrogens is 2. The van der Waals surface area contributed by atoms with Gasteiger partial charge in [-0.05, 0) is 55.8 Å². The van der Waals surface area contributed by atoms with Gasteiger partial charge in [-0.3, -0.25) is 24.4 Å². The van der Waals surface area contributed by atoms with E-state index in [9.17, 15) is 32.9 Å². The van der Waals surface area contributed by atoms with E-state index in [1.165, 1.54) is 28.9 Å². The SMILES string of the molecule is Cc1nn(Cc2ccc(C(=O)Nc3ccc(C(=O)NCC(F)(F)F)cc3)cc2)c(C)c1[N+](=O)[O-]. The van der Waals surface area contributed by atoms with E-state index in [0.717, 1.165) is 5.56 Å². The van der Waals surface area contributed by atoms with Crippen molar-refractivity contribution in [2.24, 2.45) is 0 Å². The van der Waals surface area contributed by atoms with Gasteiger partial charge in [-0.2, -0.15) is 18.3 Å². The van der Waals surface area contributed by atoms with Crippen LogP contribution in [0.4, 0.5) is 24.5 Å². The predicted molar refractivity (Wildman–Crippen MR) is 117 cm³/mol. The van der Waals surface area contributed by atoms with Gasteiger partial charge in [0.1, 0.15) is 17.9 Å². The fraction of sp³-hybridized carbons (Fsp3) is 0.227. The summed E-state index contributed by atoms with van der Waals surface area (Å²) in [5, 5.41) is 19.7. The Morgan fingerprint density at radius 2 is 1.56 bits per heavy atom. The minimum absolute atomic E-state index is 0.0241. The van der Waals surface area contributed by atoms with Crippen molar-refractivity contribution in [2.75, 3.05) is 11.9 Å². The molecule has 0 aliphatic heterocycles. The molecule has 0 bridgehead atoms. The van der Waals surface area contributed by atoms with Gasteiger partial charge in [0.05, 0.1) is 11.5 Å². The first-order valence-electron chi connectivity index (χ1n) is 9.98. The van der Waals surface area contributed by atoms with Gasteiger partial charge < -0.3 is 10.6 Å². The quantitative estimate of drug-likeness (QED) is 0.396. The molecule has 0 saturated carbocycles. The Labute approximate surface area is 191 Å². The molecule has 2 aromatic carbocycles. The molecule has 9 nitrogen and oxygen atoms in total. The Morgan fingerprint density at radius 3 is 2.09 bits per heavy atom. The standard InChI is InChI=1S/C22H20F3N5O4/c1-13-19(30(33)34)14(2)29(28-13)11-15-3-5-17(6-4-15)21(32)27-18-9-7-16(8-10-18)20(31)26-12-22(23,24)25/h3-10H,11-12H2,1-2H3,(H,26,31)(H,27,32). The molecule has 0 unspecified atom stereocenters. The molecular formula is C22H20F3N5O4. The minimum Gasteiger partial charge on any atom is -0.343 e. The number of nitro groups is 1. The lowest BCUT2D eigenvalue weighted by Gasteiger charge is -2.10. The number of carbonyl (C=O) groups excluding carboxylic acids is 2. The molecule has 3 rings (SSSR count). The van der Waals surface area contributed by atoms with E-state index in [2.05, 4.69) is 10.4 Å². The lowest BCUT2D eigenvalue weighted by Crippen LogP contribution is -2.33. The molecule has 3 aromatic rings. The van der Waals surface area contributed by atoms with E-state index in [1.54, 1.807) is 43.4 Å². The van der Waals surface area contributed by atoms with E-state index < -0.39 is 29.5 Å². The zero-order valence-corrected chi connectivity index (χ0v) is 18.1. The molecule has 0 saturated heterocycles. The molecule has 1 aromatic heterocycles. The van der Waals surface area contributed by atoms with E-state index in [4.69, 9.17) is 0 Å². The summed E-state index contributed by atoms with van der Waals surface area (Å²) < 4.78 is 38.1. The normalized spacial score (nSPS) is 11.2. The maximum absolute atomic E-state index is 12.5. The molecule has 1 heterocycles. The van der Waals surface area contributed by atoms with Gasteiger partial charge in [-0.1, -0.05) is 12.1 Å². The van der Waals surface area contributed by atoms with Crippen molar-refractivity contribution in [1.82, 2.24) is 15.1 Å². The largest absolute Gasteiger partial charge is 0.405 e. The average Bonchev–Trinajstić information content (AvgIpc) is 3.05. The molecule has 34 heavy (non-hydrogen) atoms. The van der Waals surface area contributed by atoms with E-state index in [0.29, 0.717) is 29.2 Å². The van der Waals surface area contributed by atoms with Crippen LogP contribution in [0.25, 0.3) is 0 Å². The fourth-order valence-electron chi connectivity index (χ4n) is 3.23. The number of nitrogens with zero attached hydrogens (tertiary/aromatic N) is 3. The van der Waals surface area contributed by atoms with Gasteiger partial charge in [0.15, 0.2) is 0 Å². The van der Waals surface area contributed by atoms with Crippen molar-refractivity contribution in [1.29, 1.82) is 0 Å². The van der Waals surface area contributed by atoms with Crippen LogP contribution in [-0.4, -0.2) is 39.2 Å². The number of nitrogens with one attached hydrogen (secondary N) is 2. The van der Waals surface area contributed by atoms with Gasteiger partial charge in [0.2, 0.25) is 0 Å². The Bertz CT molecular complexity index is 1220. The molecule has 2 amide bonds. The summed E-state index contributed by atoms with van der Waals surface area (Å²) in [4.78, 5) is 34.9. The summed E-state index contributed by atoms with van der Waals surface area (Å²) in [7, 11) is 0. The highest BCUT2D eigenvalue weighted by Gasteiger charge is 2.28. The van der Waals surface area contributed by atoms with E-state index in [1.807, 2.05) is 0 Å². The first-order chi connectivity index (χ1) is 15.9. The van der Waals surface area contributed by atoms with Crippen LogP contribution in [-0.2, 0) is 6.54 Å². The minimum atomic E-state index is -4.51. The number of benzene rings is 2. The first kappa shape index (κ1) is 24.4. The lowest BCUT2D eigenvalue weighted by molar-refractivity contribution is -0.386. The summed E-state index contributed by atoms with van der Waals surface area (Å²) in [5.41, 5.74) is 2.23. The molecule has 2 N–H and O–H groups in total. The third-order valence-electron chi connectivity index (χ3n) is 4.93. The molecule has 0 aliphatic rings. The highest BCUT2D eigenvalue weighted by molar-refractivity contribution is 6.04. The second kappa shape index (κ2) is 9.73. The predicted octanol–water partition coefficient (Wildman–Crippen LogP) is 4.00. The fourth-order valence-corrected chi connectivity index (χ4v) is 3.23. The molecule has 0 spiro atoms. The van der Waals surface area contributed by atoms with Gasteiger partial charge >= 0.3 is 11.9 Å². The molecule has 0 aliphatic carbocycles. The number of hydrogen-bond donors (Lipinski definition) is 2. The van der Waals surface area contributed by atoms with Crippen molar-refractivity contribution in [3.8, 4) is 0 Å². The van der Waals surface area contributed by atoms with Crippen LogP contribution in [0.5, 0.6) is 0 Å². The van der Waals surface area contributed by atoms with Crippen LogP contribution >= 0.6 is 0 Å². The third kappa shape index (κ3) is 5.97. The average molecular weight is 475 g/mol. The summed E-state index contributed by atoms with van der Waals surface area (Å²) in [5.74, 6) is -1.30. The number of alkyl halides is 3. The van der Waals surface area contributed by atoms with E-state index in [-0.39, 0.29) is 11.3 Å². The number of aryl methyl sites for hydroxylation is 1. The smallest absolute Gasteiger partial charge is 0.343 e. The number of halogens is 3. The number of carbonyl (C=O) groups is 2. The topological polar surface area (TPSA) is 119 Å². The van der Waals surface area contributed by atoms with Crippen LogP contribution < -0.4 is 10.6 Å². The van der Waals surface area contributed by atoms with Crippen LogP contribution in [0.1, 0.15) is 37.7 Å².